The van der Waals surface area contributed by atoms with Crippen molar-refractivity contribution in [3.05, 3.63) is 47.7 Å². The quantitative estimate of drug-likeness (QED) is 0.256. The van der Waals surface area contributed by atoms with E-state index in [1.54, 1.807) is 4.68 Å². The maximum atomic E-state index is 13.1. The molecule has 182 valence electrons. The molecule has 2 aromatic rings. The summed E-state index contributed by atoms with van der Waals surface area (Å²) in [7, 11) is 3.78. The van der Waals surface area contributed by atoms with Gasteiger partial charge >= 0.3 is 0 Å². The molecule has 1 aliphatic rings. The number of hydrogen-bond donors (Lipinski definition) is 3. The van der Waals surface area contributed by atoms with Crippen LogP contribution in [0.25, 0.3) is 0 Å². The van der Waals surface area contributed by atoms with E-state index in [0.717, 1.165) is 17.1 Å². The van der Waals surface area contributed by atoms with Gasteiger partial charge in [0, 0.05) is 52.9 Å². The van der Waals surface area contributed by atoms with Gasteiger partial charge in [-0.25, -0.2) is 14.1 Å². The molecule has 1 aromatic carbocycles. The Hall–Kier alpha value is -3.60. The second-order valence-corrected chi connectivity index (χ2v) is 8.38. The van der Waals surface area contributed by atoms with Crippen molar-refractivity contribution in [3.63, 3.8) is 0 Å². The van der Waals surface area contributed by atoms with E-state index in [-0.39, 0.29) is 0 Å². The van der Waals surface area contributed by atoms with E-state index in [0.29, 0.717) is 45.4 Å². The summed E-state index contributed by atoms with van der Waals surface area (Å²) in [6, 6.07) is 10.8. The Labute approximate surface area is 198 Å². The number of nitrogens with zero attached hydrogens (tertiary/aromatic N) is 5. The molecule has 1 atom stereocenters. The van der Waals surface area contributed by atoms with Gasteiger partial charge in [-0.1, -0.05) is 30.3 Å². The zero-order valence-electron chi connectivity index (χ0n) is 19.4. The molecule has 1 aromatic heterocycles. The number of amides is 1. The van der Waals surface area contributed by atoms with E-state index in [9.17, 15) is 14.0 Å². The monoisotopic (exact) mass is 470 g/mol. The van der Waals surface area contributed by atoms with Gasteiger partial charge in [-0.2, -0.15) is 5.10 Å². The highest BCUT2D eigenvalue weighted by molar-refractivity contribution is 6.38. The fourth-order valence-corrected chi connectivity index (χ4v) is 3.53. The van der Waals surface area contributed by atoms with Gasteiger partial charge in [0.25, 0.3) is 5.91 Å². The number of rotatable bonds is 11. The predicted molar refractivity (Wildman–Crippen MR) is 129 cm³/mol. The van der Waals surface area contributed by atoms with Crippen molar-refractivity contribution in [2.45, 2.75) is 38.3 Å². The highest BCUT2D eigenvalue weighted by Gasteiger charge is 2.27. The number of alkyl halides is 1. The molecule has 0 aliphatic carbocycles. The standard InChI is InChI=1S/C23H31FN8O2/c1-30(2)21-10-20(14-31-12-18(24)13-31)29-32(21)9-8-19(15-33)28-23(34)22(25)27-16-26-11-17-6-4-3-5-7-17/h3-7,10,15-16,18-19H,8-9,11-14H2,1-2H3,(H,28,34)(H2,25,26,27). The lowest BCUT2D eigenvalue weighted by Crippen LogP contribution is -2.47. The molecule has 1 aliphatic heterocycles. The van der Waals surface area contributed by atoms with Gasteiger partial charge in [-0.05, 0) is 12.0 Å². The third-order valence-corrected chi connectivity index (χ3v) is 5.35. The van der Waals surface area contributed by atoms with Gasteiger partial charge in [0.2, 0.25) is 5.84 Å². The largest absolute Gasteiger partial charge is 0.372 e. The van der Waals surface area contributed by atoms with Crippen LogP contribution >= 0.6 is 0 Å². The Balaban J connectivity index is 1.48. The van der Waals surface area contributed by atoms with Crippen LogP contribution in [-0.2, 0) is 29.2 Å². The SMILES string of the molecule is CN(C)c1cc(CN2CC(F)C2)nn1CCC(C=O)NC(=O)C(=N)/N=C\NCc1ccccc1. The first-order valence-electron chi connectivity index (χ1n) is 11.1. The summed E-state index contributed by atoms with van der Waals surface area (Å²) in [5.74, 6) is -0.379. The third kappa shape index (κ3) is 7.20. The van der Waals surface area contributed by atoms with Crippen molar-refractivity contribution in [1.82, 2.24) is 25.3 Å². The number of anilines is 1. The molecule has 1 unspecified atom stereocenters. The molecule has 0 radical (unpaired) electrons. The van der Waals surface area contributed by atoms with E-state index < -0.39 is 24.0 Å². The maximum absolute atomic E-state index is 13.1. The lowest BCUT2D eigenvalue weighted by molar-refractivity contribution is -0.119. The first-order valence-corrected chi connectivity index (χ1v) is 11.1. The molecular weight excluding hydrogens is 439 g/mol. The van der Waals surface area contributed by atoms with Crippen LogP contribution in [0.4, 0.5) is 10.2 Å². The fourth-order valence-electron chi connectivity index (χ4n) is 3.53. The van der Waals surface area contributed by atoms with E-state index in [1.165, 1.54) is 6.34 Å². The Morgan fingerprint density at radius 2 is 2.09 bits per heavy atom. The first kappa shape index (κ1) is 25.0. The summed E-state index contributed by atoms with van der Waals surface area (Å²) in [6.45, 7) is 2.30. The fraction of sp³-hybridized carbons (Fsp3) is 0.435. The topological polar surface area (TPSA) is 119 Å². The smallest absolute Gasteiger partial charge is 0.289 e. The first-order chi connectivity index (χ1) is 16.4. The number of carbonyl (C=O) groups excluding carboxylic acids is 2. The number of aryl methyl sites for hydroxylation is 1. The number of likely N-dealkylation sites (tertiary alicyclic amines) is 1. The zero-order chi connectivity index (χ0) is 24.5. The lowest BCUT2D eigenvalue weighted by Gasteiger charge is -2.33. The molecule has 1 amide bonds. The van der Waals surface area contributed by atoms with Crippen molar-refractivity contribution < 1.29 is 14.0 Å². The highest BCUT2D eigenvalue weighted by Crippen LogP contribution is 2.19. The number of aliphatic imine (C=N–C) groups is 1. The van der Waals surface area contributed by atoms with E-state index in [1.807, 2.05) is 60.3 Å². The number of aromatic nitrogens is 2. The number of carbonyl (C=O) groups is 2. The van der Waals surface area contributed by atoms with Gasteiger partial charge in [0.15, 0.2) is 0 Å². The Morgan fingerprint density at radius 1 is 1.35 bits per heavy atom. The van der Waals surface area contributed by atoms with Gasteiger partial charge in [-0.3, -0.25) is 15.1 Å². The molecule has 3 rings (SSSR count). The van der Waals surface area contributed by atoms with Crippen LogP contribution in [0.1, 0.15) is 17.7 Å². The Kier molecular flexibility index (Phi) is 8.86. The van der Waals surface area contributed by atoms with Crippen molar-refractivity contribution >= 4 is 30.2 Å². The normalized spacial score (nSPS) is 15.0. The summed E-state index contributed by atoms with van der Waals surface area (Å²) in [6.07, 6.45) is 1.47. The summed E-state index contributed by atoms with van der Waals surface area (Å²) < 4.78 is 14.8. The summed E-state index contributed by atoms with van der Waals surface area (Å²) in [5.41, 5.74) is 1.86. The van der Waals surface area contributed by atoms with Crippen LogP contribution < -0.4 is 15.5 Å². The van der Waals surface area contributed by atoms with Crippen LogP contribution in [-0.4, -0.2) is 78.4 Å². The van der Waals surface area contributed by atoms with Gasteiger partial charge in [0.05, 0.1) is 18.1 Å². The minimum absolute atomic E-state index is 0.302. The number of nitrogens with one attached hydrogen (secondary N) is 3. The molecule has 0 saturated carbocycles. The molecule has 34 heavy (non-hydrogen) atoms. The van der Waals surface area contributed by atoms with Gasteiger partial charge in [0.1, 0.15) is 18.3 Å². The van der Waals surface area contributed by atoms with Crippen LogP contribution in [0, 0.1) is 5.41 Å². The second kappa shape index (κ2) is 12.0. The molecule has 1 fully saturated rings. The number of aldehydes is 1. The van der Waals surface area contributed by atoms with Crippen LogP contribution in [0.3, 0.4) is 0 Å². The minimum Gasteiger partial charge on any atom is -0.372 e. The number of hydrogen-bond acceptors (Lipinski definition) is 6. The van der Waals surface area contributed by atoms with Crippen LogP contribution in [0.2, 0.25) is 0 Å². The number of amidine groups is 1. The molecule has 11 heteroatoms. The summed E-state index contributed by atoms with van der Waals surface area (Å²) >= 11 is 0. The van der Waals surface area contributed by atoms with Crippen LogP contribution in [0.5, 0.6) is 0 Å². The summed E-state index contributed by atoms with van der Waals surface area (Å²) in [5, 5.41) is 17.9. The van der Waals surface area contributed by atoms with E-state index in [2.05, 4.69) is 20.7 Å². The lowest BCUT2D eigenvalue weighted by atomic mass is 10.2. The second-order valence-electron chi connectivity index (χ2n) is 8.38. The molecule has 0 spiro atoms. The van der Waals surface area contributed by atoms with Crippen LogP contribution in [0.15, 0.2) is 41.4 Å². The third-order valence-electron chi connectivity index (χ3n) is 5.35. The zero-order valence-corrected chi connectivity index (χ0v) is 19.4. The van der Waals surface area contributed by atoms with E-state index >= 15 is 0 Å². The molecular formula is C23H31FN8O2. The molecule has 10 nitrogen and oxygen atoms in total. The van der Waals surface area contributed by atoms with Crippen molar-refractivity contribution in [1.29, 1.82) is 5.41 Å². The number of benzene rings is 1. The summed E-state index contributed by atoms with van der Waals surface area (Å²) in [4.78, 5) is 31.5. The van der Waals surface area contributed by atoms with Gasteiger partial charge in [-0.15, -0.1) is 0 Å². The number of halogens is 1. The Bertz CT molecular complexity index is 1000. The van der Waals surface area contributed by atoms with E-state index in [4.69, 9.17) is 5.41 Å². The molecule has 1 saturated heterocycles. The van der Waals surface area contributed by atoms with Crippen molar-refractivity contribution in [3.8, 4) is 0 Å². The van der Waals surface area contributed by atoms with Crippen molar-refractivity contribution in [2.75, 3.05) is 32.1 Å². The molecule has 3 N–H and O–H groups in total. The maximum Gasteiger partial charge on any atom is 0.289 e. The van der Waals surface area contributed by atoms with Crippen molar-refractivity contribution in [2.24, 2.45) is 4.99 Å². The average Bonchev–Trinajstić information content (AvgIpc) is 3.22. The molecule has 0 bridgehead atoms. The highest BCUT2D eigenvalue weighted by atomic mass is 19.1. The Morgan fingerprint density at radius 3 is 2.74 bits per heavy atom. The average molecular weight is 471 g/mol. The molecule has 2 heterocycles. The minimum atomic E-state index is -0.786. The predicted octanol–water partition coefficient (Wildman–Crippen LogP) is 0.972. The van der Waals surface area contributed by atoms with Gasteiger partial charge < -0.3 is 20.3 Å².